The number of aliphatic hydroxyl groups excluding tert-OH is 1. The normalized spacial score (nSPS) is 29.9. The third-order valence-corrected chi connectivity index (χ3v) is 7.17. The summed E-state index contributed by atoms with van der Waals surface area (Å²) in [4.78, 5) is 40.5. The van der Waals surface area contributed by atoms with Gasteiger partial charge in [0.2, 0.25) is 11.8 Å². The van der Waals surface area contributed by atoms with Crippen LogP contribution >= 0.6 is 0 Å². The molecule has 4 aliphatic rings. The van der Waals surface area contributed by atoms with Gasteiger partial charge in [-0.15, -0.1) is 0 Å². The summed E-state index contributed by atoms with van der Waals surface area (Å²) in [6, 6.07) is 5.33. The van der Waals surface area contributed by atoms with Gasteiger partial charge in [-0.05, 0) is 62.3 Å². The number of nitrogens with zero attached hydrogens (tertiary/aromatic N) is 2. The molecule has 2 N–H and O–H groups in total. The number of fused-ring (bicyclic) bond motifs is 1. The Labute approximate surface area is 181 Å². The van der Waals surface area contributed by atoms with E-state index < -0.39 is 11.9 Å². The molecule has 3 amide bonds. The van der Waals surface area contributed by atoms with Crippen LogP contribution in [0.3, 0.4) is 0 Å². The highest BCUT2D eigenvalue weighted by Crippen LogP contribution is 2.34. The fourth-order valence-corrected chi connectivity index (χ4v) is 5.48. The smallest absolute Gasteiger partial charge is 0.255 e. The zero-order valence-corrected chi connectivity index (χ0v) is 17.6. The number of ether oxygens (including phenoxy) is 1. The molecule has 5 rings (SSSR count). The number of amides is 3. The molecule has 3 aliphatic heterocycles. The van der Waals surface area contributed by atoms with Crippen molar-refractivity contribution in [3.63, 3.8) is 0 Å². The summed E-state index contributed by atoms with van der Waals surface area (Å²) in [6.45, 7) is 2.17. The van der Waals surface area contributed by atoms with E-state index in [1.165, 1.54) is 0 Å². The predicted octanol–water partition coefficient (Wildman–Crippen LogP) is 1.20. The molecule has 8 nitrogen and oxygen atoms in total. The van der Waals surface area contributed by atoms with E-state index in [0.29, 0.717) is 24.6 Å². The Balaban J connectivity index is 1.27. The lowest BCUT2D eigenvalue weighted by atomic mass is 10.0. The number of hydrogen-bond donors (Lipinski definition) is 2. The number of carbonyl (C=O) groups is 3. The van der Waals surface area contributed by atoms with Crippen LogP contribution in [-0.4, -0.2) is 70.0 Å². The topological polar surface area (TPSA) is 99.2 Å². The van der Waals surface area contributed by atoms with Gasteiger partial charge in [-0.1, -0.05) is 0 Å². The number of rotatable bonds is 4. The molecule has 8 heteroatoms. The van der Waals surface area contributed by atoms with E-state index in [2.05, 4.69) is 10.2 Å². The molecule has 2 saturated heterocycles. The highest BCUT2D eigenvalue weighted by molar-refractivity contribution is 6.05. The van der Waals surface area contributed by atoms with Crippen molar-refractivity contribution in [1.29, 1.82) is 0 Å². The molecule has 0 spiro atoms. The molecule has 0 bridgehead atoms. The van der Waals surface area contributed by atoms with Gasteiger partial charge >= 0.3 is 0 Å². The van der Waals surface area contributed by atoms with Gasteiger partial charge in [-0.2, -0.15) is 0 Å². The minimum absolute atomic E-state index is 0.108. The summed E-state index contributed by atoms with van der Waals surface area (Å²) in [7, 11) is 0. The van der Waals surface area contributed by atoms with Crippen LogP contribution in [0.25, 0.3) is 0 Å². The first kappa shape index (κ1) is 20.5. The molecule has 1 aromatic carbocycles. The second-order valence-corrected chi connectivity index (χ2v) is 9.14. The lowest BCUT2D eigenvalue weighted by Gasteiger charge is -2.37. The van der Waals surface area contributed by atoms with Crippen molar-refractivity contribution in [3.8, 4) is 5.75 Å². The summed E-state index contributed by atoms with van der Waals surface area (Å²) in [5.41, 5.74) is 1.47. The zero-order chi connectivity index (χ0) is 21.5. The summed E-state index contributed by atoms with van der Waals surface area (Å²) >= 11 is 0. The quantitative estimate of drug-likeness (QED) is 0.701. The van der Waals surface area contributed by atoms with Crippen LogP contribution in [0, 0.1) is 0 Å². The molecule has 1 unspecified atom stereocenters. The van der Waals surface area contributed by atoms with Crippen LogP contribution in [0.1, 0.15) is 60.9 Å². The maximum absolute atomic E-state index is 12.9. The molecule has 166 valence electrons. The van der Waals surface area contributed by atoms with Crippen molar-refractivity contribution in [2.24, 2.45) is 0 Å². The van der Waals surface area contributed by atoms with Crippen LogP contribution in [-0.2, 0) is 16.1 Å². The summed E-state index contributed by atoms with van der Waals surface area (Å²) in [5.74, 6) is -0.0861. The van der Waals surface area contributed by atoms with Crippen molar-refractivity contribution in [3.05, 3.63) is 29.3 Å². The number of aliphatic hydroxyl groups is 1. The van der Waals surface area contributed by atoms with Gasteiger partial charge in [0, 0.05) is 37.7 Å². The van der Waals surface area contributed by atoms with Crippen LogP contribution in [0.2, 0.25) is 0 Å². The second-order valence-electron chi connectivity index (χ2n) is 9.14. The number of hydrogen-bond acceptors (Lipinski definition) is 6. The number of imide groups is 1. The third-order valence-electron chi connectivity index (χ3n) is 7.17. The predicted molar refractivity (Wildman–Crippen MR) is 111 cm³/mol. The first-order valence-corrected chi connectivity index (χ1v) is 11.4. The second kappa shape index (κ2) is 8.24. The maximum atomic E-state index is 12.9. The first-order valence-electron chi connectivity index (χ1n) is 11.4. The Kier molecular flexibility index (Phi) is 5.44. The van der Waals surface area contributed by atoms with Gasteiger partial charge < -0.3 is 14.7 Å². The lowest BCUT2D eigenvalue weighted by molar-refractivity contribution is -0.136. The van der Waals surface area contributed by atoms with Crippen LogP contribution in [0.15, 0.2) is 18.2 Å². The average Bonchev–Trinajstić information content (AvgIpc) is 3.33. The Morgan fingerprint density at radius 1 is 1.03 bits per heavy atom. The van der Waals surface area contributed by atoms with Gasteiger partial charge in [0.25, 0.3) is 5.91 Å². The molecule has 1 aliphatic carbocycles. The van der Waals surface area contributed by atoms with E-state index in [4.69, 9.17) is 4.74 Å². The summed E-state index contributed by atoms with van der Waals surface area (Å²) in [5, 5.41) is 12.1. The minimum atomic E-state index is -0.601. The Morgan fingerprint density at radius 3 is 2.61 bits per heavy atom. The van der Waals surface area contributed by atoms with Crippen LogP contribution in [0.5, 0.6) is 5.75 Å². The fraction of sp³-hybridized carbons (Fsp3) is 0.609. The molecule has 3 heterocycles. The molecular formula is C23H29N3O5. The van der Waals surface area contributed by atoms with Gasteiger partial charge in [0.1, 0.15) is 17.9 Å². The lowest BCUT2D eigenvalue weighted by Crippen LogP contribution is -2.52. The number of carbonyl (C=O) groups excluding carboxylic acids is 3. The molecular weight excluding hydrogens is 398 g/mol. The van der Waals surface area contributed by atoms with E-state index in [0.717, 1.165) is 56.5 Å². The maximum Gasteiger partial charge on any atom is 0.255 e. The minimum Gasteiger partial charge on any atom is -0.489 e. The monoisotopic (exact) mass is 427 g/mol. The van der Waals surface area contributed by atoms with E-state index >= 15 is 0 Å². The van der Waals surface area contributed by atoms with Gasteiger partial charge in [-0.25, -0.2) is 0 Å². The van der Waals surface area contributed by atoms with E-state index in [1.807, 2.05) is 12.1 Å². The molecule has 0 aromatic heterocycles. The highest BCUT2D eigenvalue weighted by atomic mass is 16.5. The standard InChI is InChI=1S/C23H29N3O5/c27-15-8-10-25(11-9-15)18-2-1-3-20(18)31-16-4-5-17-14(12-16)13-26(23(17)30)19-6-7-21(28)24-22(19)29/h4-5,12,15,18-20,27H,1-3,6-11,13H2,(H,24,28,29)/t18-,19?,20+/m0/s1. The highest BCUT2D eigenvalue weighted by Gasteiger charge is 2.40. The molecule has 1 aromatic rings. The van der Waals surface area contributed by atoms with Crippen molar-refractivity contribution in [2.45, 2.75) is 75.8 Å². The SMILES string of the molecule is O=C1CCC(N2Cc3cc(O[C@@H]4CCC[C@@H]4N4CCC(O)CC4)ccc3C2=O)C(=O)N1. The number of benzene rings is 1. The number of piperidine rings is 2. The van der Waals surface area contributed by atoms with Crippen molar-refractivity contribution < 1.29 is 24.2 Å². The Morgan fingerprint density at radius 2 is 1.84 bits per heavy atom. The Bertz CT molecular complexity index is 895. The zero-order valence-electron chi connectivity index (χ0n) is 17.6. The van der Waals surface area contributed by atoms with E-state index in [9.17, 15) is 19.5 Å². The molecule has 3 fully saturated rings. The van der Waals surface area contributed by atoms with Crippen LogP contribution in [0.4, 0.5) is 0 Å². The molecule has 0 radical (unpaired) electrons. The van der Waals surface area contributed by atoms with Gasteiger partial charge in [0.15, 0.2) is 0 Å². The summed E-state index contributed by atoms with van der Waals surface area (Å²) < 4.78 is 6.39. The molecule has 1 saturated carbocycles. The molecule has 3 atom stereocenters. The number of likely N-dealkylation sites (tertiary alicyclic amines) is 1. The Hall–Kier alpha value is -2.45. The van der Waals surface area contributed by atoms with E-state index in [-0.39, 0.29) is 30.4 Å². The van der Waals surface area contributed by atoms with Crippen molar-refractivity contribution in [2.75, 3.05) is 13.1 Å². The van der Waals surface area contributed by atoms with Crippen LogP contribution < -0.4 is 10.1 Å². The van der Waals surface area contributed by atoms with Crippen molar-refractivity contribution >= 4 is 17.7 Å². The van der Waals surface area contributed by atoms with E-state index in [1.54, 1.807) is 11.0 Å². The molecule has 31 heavy (non-hydrogen) atoms. The largest absolute Gasteiger partial charge is 0.489 e. The average molecular weight is 428 g/mol. The first-order chi connectivity index (χ1) is 15.0. The number of nitrogens with one attached hydrogen (secondary N) is 1. The van der Waals surface area contributed by atoms with Gasteiger partial charge in [0.05, 0.1) is 6.10 Å². The van der Waals surface area contributed by atoms with Gasteiger partial charge in [-0.3, -0.25) is 24.6 Å². The fourth-order valence-electron chi connectivity index (χ4n) is 5.48. The third kappa shape index (κ3) is 3.94. The van der Waals surface area contributed by atoms with Crippen molar-refractivity contribution in [1.82, 2.24) is 15.1 Å². The summed E-state index contributed by atoms with van der Waals surface area (Å²) in [6.07, 6.45) is 5.41.